The molecule has 1 N–H and O–H groups in total. The second-order valence-corrected chi connectivity index (χ2v) is 10.7. The van der Waals surface area contributed by atoms with Crippen LogP contribution >= 0.6 is 11.6 Å². The highest BCUT2D eigenvalue weighted by Gasteiger charge is 2.59. The summed E-state index contributed by atoms with van der Waals surface area (Å²) in [6.45, 7) is 4.65. The van der Waals surface area contributed by atoms with Crippen molar-refractivity contribution in [3.05, 3.63) is 52.1 Å². The maximum Gasteiger partial charge on any atom is 0.165 e. The van der Waals surface area contributed by atoms with Gasteiger partial charge in [-0.3, -0.25) is 4.79 Å². The summed E-state index contributed by atoms with van der Waals surface area (Å²) >= 11 is 6.37. The topological polar surface area (TPSA) is 37.3 Å². The van der Waals surface area contributed by atoms with Crippen molar-refractivity contribution < 1.29 is 9.90 Å². The molecule has 3 saturated carbocycles. The van der Waals surface area contributed by atoms with E-state index in [1.165, 1.54) is 5.57 Å². The summed E-state index contributed by atoms with van der Waals surface area (Å²) in [7, 11) is 0. The summed E-state index contributed by atoms with van der Waals surface area (Å²) in [4.78, 5) is 13.5. The smallest absolute Gasteiger partial charge is 0.165 e. The van der Waals surface area contributed by atoms with Gasteiger partial charge in [-0.05, 0) is 91.4 Å². The molecule has 3 heteroatoms. The molecule has 29 heavy (non-hydrogen) atoms. The van der Waals surface area contributed by atoms with Crippen molar-refractivity contribution in [2.75, 3.05) is 0 Å². The zero-order chi connectivity index (χ0) is 20.4. The van der Waals surface area contributed by atoms with Gasteiger partial charge in [-0.2, -0.15) is 0 Å². The van der Waals surface area contributed by atoms with Crippen molar-refractivity contribution in [3.8, 4) is 0 Å². The minimum Gasteiger partial charge on any atom is -0.393 e. The standard InChI is InChI=1S/C26H31ClO2/c1-25-11-9-19(28)15-18(25)7-8-20-21(25)10-12-26(2)22(20)14-17(24(26)29)13-16-5-3-4-6-23(16)27/h3-7,13,19-22,28H,8-12,14-15H2,1-2H3/b17-13+/t19-,20-,21+,22+,25-,26+/m0/s1. The van der Waals surface area contributed by atoms with Crippen LogP contribution in [0.2, 0.25) is 5.02 Å². The van der Waals surface area contributed by atoms with E-state index in [0.29, 0.717) is 28.6 Å². The number of carbonyl (C=O) groups excluding carboxylic acids is 1. The van der Waals surface area contributed by atoms with Gasteiger partial charge >= 0.3 is 0 Å². The maximum atomic E-state index is 13.5. The first-order chi connectivity index (χ1) is 13.8. The molecule has 0 radical (unpaired) electrons. The van der Waals surface area contributed by atoms with E-state index < -0.39 is 0 Å². The van der Waals surface area contributed by atoms with Crippen molar-refractivity contribution in [1.29, 1.82) is 0 Å². The Balaban J connectivity index is 1.49. The lowest BCUT2D eigenvalue weighted by Gasteiger charge is -2.56. The molecule has 3 fully saturated rings. The Morgan fingerprint density at radius 2 is 1.83 bits per heavy atom. The van der Waals surface area contributed by atoms with Crippen molar-refractivity contribution in [2.24, 2.45) is 28.6 Å². The Kier molecular flexibility index (Phi) is 4.60. The van der Waals surface area contributed by atoms with Crippen molar-refractivity contribution in [1.82, 2.24) is 0 Å². The minimum atomic E-state index is -0.232. The maximum absolute atomic E-state index is 13.5. The van der Waals surface area contributed by atoms with Crippen LogP contribution in [0.25, 0.3) is 6.08 Å². The molecule has 2 nitrogen and oxygen atoms in total. The molecule has 0 spiro atoms. The van der Waals surface area contributed by atoms with Gasteiger partial charge in [-0.25, -0.2) is 0 Å². The van der Waals surface area contributed by atoms with E-state index in [-0.39, 0.29) is 16.9 Å². The predicted octanol–water partition coefficient (Wildman–Crippen LogP) is 6.23. The molecular formula is C26H31ClO2. The zero-order valence-electron chi connectivity index (χ0n) is 17.5. The van der Waals surface area contributed by atoms with Crippen LogP contribution in [-0.4, -0.2) is 17.0 Å². The lowest BCUT2D eigenvalue weighted by Crippen LogP contribution is -2.50. The quantitative estimate of drug-likeness (QED) is 0.440. The van der Waals surface area contributed by atoms with E-state index in [9.17, 15) is 9.90 Å². The van der Waals surface area contributed by atoms with Gasteiger partial charge in [0.05, 0.1) is 6.10 Å². The number of rotatable bonds is 1. The van der Waals surface area contributed by atoms with Crippen LogP contribution < -0.4 is 0 Å². The third kappa shape index (κ3) is 2.90. The molecule has 0 bridgehead atoms. The van der Waals surface area contributed by atoms with Crippen LogP contribution in [0.5, 0.6) is 0 Å². The van der Waals surface area contributed by atoms with Gasteiger partial charge in [0.25, 0.3) is 0 Å². The molecule has 6 atom stereocenters. The van der Waals surface area contributed by atoms with E-state index in [0.717, 1.165) is 56.1 Å². The molecule has 4 aliphatic carbocycles. The third-order valence-electron chi connectivity index (χ3n) is 8.95. The summed E-state index contributed by atoms with van der Waals surface area (Å²) in [5.74, 6) is 1.98. The highest BCUT2D eigenvalue weighted by molar-refractivity contribution is 6.32. The third-order valence-corrected chi connectivity index (χ3v) is 9.30. The van der Waals surface area contributed by atoms with Crippen LogP contribution in [-0.2, 0) is 4.79 Å². The average Bonchev–Trinajstić information content (AvgIpc) is 2.95. The summed E-state index contributed by atoms with van der Waals surface area (Å²) in [6.07, 6.45) is 11.2. The van der Waals surface area contributed by atoms with Crippen molar-refractivity contribution >= 4 is 23.5 Å². The summed E-state index contributed by atoms with van der Waals surface area (Å²) < 4.78 is 0. The average molecular weight is 411 g/mol. The lowest BCUT2D eigenvalue weighted by molar-refractivity contribution is -0.130. The van der Waals surface area contributed by atoms with Gasteiger partial charge in [0.2, 0.25) is 0 Å². The van der Waals surface area contributed by atoms with Crippen molar-refractivity contribution in [3.63, 3.8) is 0 Å². The molecule has 0 aliphatic heterocycles. The van der Waals surface area contributed by atoms with E-state index in [4.69, 9.17) is 11.6 Å². The van der Waals surface area contributed by atoms with E-state index in [1.54, 1.807) is 0 Å². The van der Waals surface area contributed by atoms with Crippen LogP contribution in [0.3, 0.4) is 0 Å². The summed E-state index contributed by atoms with van der Waals surface area (Å²) in [5.41, 5.74) is 3.38. The second kappa shape index (κ2) is 6.82. The predicted molar refractivity (Wildman–Crippen MR) is 118 cm³/mol. The van der Waals surface area contributed by atoms with Gasteiger partial charge in [0, 0.05) is 10.4 Å². The van der Waals surface area contributed by atoms with Crippen LogP contribution in [0, 0.1) is 28.6 Å². The number of Topliss-reactive ketones (excluding diaryl/α,β-unsaturated/α-hetero) is 1. The first kappa shape index (κ1) is 19.6. The molecule has 0 unspecified atom stereocenters. The number of aliphatic hydroxyl groups excluding tert-OH is 1. The van der Waals surface area contributed by atoms with Gasteiger partial charge in [0.15, 0.2) is 5.78 Å². The first-order valence-electron chi connectivity index (χ1n) is 11.2. The van der Waals surface area contributed by atoms with E-state index in [2.05, 4.69) is 19.9 Å². The van der Waals surface area contributed by atoms with Crippen LogP contribution in [0.15, 0.2) is 41.5 Å². The Morgan fingerprint density at radius 3 is 2.62 bits per heavy atom. The monoisotopic (exact) mass is 410 g/mol. The van der Waals surface area contributed by atoms with Crippen LogP contribution in [0.1, 0.15) is 64.4 Å². The SMILES string of the molecule is C[C@@]12CC[C@@H]3[C@H](CC=C4C[C@@H](O)CC[C@@]43C)[C@H]1C/C(=C\c1ccccc1Cl)C2=O. The number of hydrogen-bond acceptors (Lipinski definition) is 2. The Hall–Kier alpha value is -1.38. The molecular weight excluding hydrogens is 380 g/mol. The van der Waals surface area contributed by atoms with Gasteiger partial charge < -0.3 is 5.11 Å². The molecule has 0 aromatic heterocycles. The number of fused-ring (bicyclic) bond motifs is 5. The fraction of sp³-hybridized carbons (Fsp3) is 0.577. The number of allylic oxidation sites excluding steroid dienone is 2. The fourth-order valence-electron chi connectivity index (χ4n) is 7.22. The molecule has 154 valence electrons. The van der Waals surface area contributed by atoms with Gasteiger partial charge in [0.1, 0.15) is 0 Å². The largest absolute Gasteiger partial charge is 0.393 e. The highest BCUT2D eigenvalue weighted by atomic mass is 35.5. The van der Waals surface area contributed by atoms with Crippen LogP contribution in [0.4, 0.5) is 0 Å². The Morgan fingerprint density at radius 1 is 1.07 bits per heavy atom. The highest BCUT2D eigenvalue weighted by Crippen LogP contribution is 2.64. The van der Waals surface area contributed by atoms with E-state index in [1.807, 2.05) is 30.3 Å². The first-order valence-corrected chi connectivity index (χ1v) is 11.6. The normalized spacial score (nSPS) is 42.8. The molecule has 0 amide bonds. The molecule has 0 heterocycles. The zero-order valence-corrected chi connectivity index (χ0v) is 18.2. The number of carbonyl (C=O) groups is 1. The number of aliphatic hydroxyl groups is 1. The molecule has 5 rings (SSSR count). The number of ketones is 1. The molecule has 4 aliphatic rings. The number of benzene rings is 1. The minimum absolute atomic E-state index is 0.169. The number of hydrogen-bond donors (Lipinski definition) is 1. The Labute approximate surface area is 179 Å². The number of halogens is 1. The Bertz CT molecular complexity index is 915. The summed E-state index contributed by atoms with van der Waals surface area (Å²) in [6, 6.07) is 7.80. The lowest BCUT2D eigenvalue weighted by atomic mass is 9.48. The summed E-state index contributed by atoms with van der Waals surface area (Å²) in [5, 5.41) is 10.9. The van der Waals surface area contributed by atoms with Gasteiger partial charge in [-0.1, -0.05) is 55.3 Å². The molecule has 0 saturated heterocycles. The van der Waals surface area contributed by atoms with E-state index >= 15 is 0 Å². The van der Waals surface area contributed by atoms with Gasteiger partial charge in [-0.15, -0.1) is 0 Å². The molecule has 1 aromatic carbocycles. The van der Waals surface area contributed by atoms with Crippen molar-refractivity contribution in [2.45, 2.75) is 64.9 Å². The molecule has 1 aromatic rings. The fourth-order valence-corrected chi connectivity index (χ4v) is 7.41. The second-order valence-electron chi connectivity index (χ2n) is 10.3.